The van der Waals surface area contributed by atoms with Gasteiger partial charge < -0.3 is 9.47 Å². The fourth-order valence-corrected chi connectivity index (χ4v) is 2.25. The molecule has 4 nitrogen and oxygen atoms in total. The maximum absolute atomic E-state index is 13.9. The van der Waals surface area contributed by atoms with Gasteiger partial charge in [-0.15, -0.1) is 0 Å². The van der Waals surface area contributed by atoms with Crippen LogP contribution in [0.1, 0.15) is 28.4 Å². The van der Waals surface area contributed by atoms with E-state index in [4.69, 9.17) is 4.74 Å². The van der Waals surface area contributed by atoms with E-state index in [1.807, 2.05) is 0 Å². The zero-order valence-corrected chi connectivity index (χ0v) is 14.9. The second-order valence-electron chi connectivity index (χ2n) is 5.75. The van der Waals surface area contributed by atoms with E-state index in [-0.39, 0.29) is 11.3 Å². The summed E-state index contributed by atoms with van der Waals surface area (Å²) in [4.78, 5) is 16.0. The Labute approximate surface area is 153 Å². The number of aryl methyl sites for hydroxylation is 1. The predicted octanol–water partition coefficient (Wildman–Crippen LogP) is 4.95. The molecule has 0 N–H and O–H groups in total. The van der Waals surface area contributed by atoms with Crippen LogP contribution in [0.5, 0.6) is 5.88 Å². The fourth-order valence-electron chi connectivity index (χ4n) is 2.25. The molecule has 1 unspecified atom stereocenters. The summed E-state index contributed by atoms with van der Waals surface area (Å²) >= 11 is 0. The smallest absolute Gasteiger partial charge is 0.417 e. The summed E-state index contributed by atoms with van der Waals surface area (Å²) in [5, 5.41) is 0. The average Bonchev–Trinajstić information content (AvgIpc) is 2.61. The van der Waals surface area contributed by atoms with Crippen molar-refractivity contribution in [3.8, 4) is 17.1 Å². The highest BCUT2D eigenvalue weighted by atomic mass is 19.4. The molecule has 0 fully saturated rings. The van der Waals surface area contributed by atoms with Gasteiger partial charge in [-0.2, -0.15) is 13.2 Å². The van der Waals surface area contributed by atoms with Gasteiger partial charge in [-0.05, 0) is 31.5 Å². The number of halogens is 4. The topological polar surface area (TPSA) is 48.4 Å². The maximum atomic E-state index is 13.9. The van der Waals surface area contributed by atoms with Crippen LogP contribution in [-0.2, 0) is 10.9 Å². The summed E-state index contributed by atoms with van der Waals surface area (Å²) in [7, 11) is 0.951. The zero-order chi connectivity index (χ0) is 20.4. The van der Waals surface area contributed by atoms with E-state index in [0.29, 0.717) is 11.6 Å². The molecule has 1 aromatic heterocycles. The molecule has 1 atom stereocenters. The lowest BCUT2D eigenvalue weighted by Gasteiger charge is -2.19. The van der Waals surface area contributed by atoms with Crippen molar-refractivity contribution in [2.75, 3.05) is 7.11 Å². The van der Waals surface area contributed by atoms with Crippen molar-refractivity contribution in [2.45, 2.75) is 26.1 Å². The number of carbonyl (C=O) groups is 1. The molecule has 1 heterocycles. The molecule has 0 saturated heterocycles. The number of methoxy groups -OCH3 is 1. The van der Waals surface area contributed by atoms with Gasteiger partial charge in [-0.1, -0.05) is 24.8 Å². The zero-order valence-electron chi connectivity index (χ0n) is 14.9. The molecule has 0 aliphatic heterocycles. The van der Waals surface area contributed by atoms with Crippen LogP contribution < -0.4 is 4.74 Å². The number of esters is 1. The molecule has 0 bridgehead atoms. The Hall–Kier alpha value is -2.90. The van der Waals surface area contributed by atoms with Gasteiger partial charge >= 0.3 is 12.1 Å². The Bertz CT molecular complexity index is 878. The van der Waals surface area contributed by atoms with Crippen molar-refractivity contribution in [3.05, 3.63) is 59.4 Å². The molecule has 0 saturated carbocycles. The van der Waals surface area contributed by atoms with Crippen LogP contribution in [-0.4, -0.2) is 24.2 Å². The number of benzene rings is 1. The van der Waals surface area contributed by atoms with Gasteiger partial charge in [0.05, 0.1) is 18.4 Å². The molecule has 0 aliphatic rings. The van der Waals surface area contributed by atoms with E-state index in [2.05, 4.69) is 16.3 Å². The van der Waals surface area contributed by atoms with E-state index in [9.17, 15) is 22.4 Å². The minimum Gasteiger partial charge on any atom is -0.470 e. The lowest BCUT2D eigenvalue weighted by molar-refractivity contribution is -0.138. The molecule has 2 aromatic rings. The number of hydrogen-bond donors (Lipinski definition) is 0. The highest BCUT2D eigenvalue weighted by molar-refractivity contribution is 5.94. The second-order valence-corrected chi connectivity index (χ2v) is 5.75. The number of rotatable bonds is 5. The third-order valence-corrected chi connectivity index (χ3v) is 3.78. The Kier molecular flexibility index (Phi) is 5.88. The summed E-state index contributed by atoms with van der Waals surface area (Å²) < 4.78 is 64.5. The van der Waals surface area contributed by atoms with Gasteiger partial charge in [0.25, 0.3) is 0 Å². The fraction of sp³-hybridized carbons (Fsp3) is 0.263. The molecule has 2 rings (SSSR count). The van der Waals surface area contributed by atoms with E-state index >= 15 is 0 Å². The number of carbonyl (C=O) groups excluding carboxylic acids is 1. The monoisotopic (exact) mass is 383 g/mol. The van der Waals surface area contributed by atoms with Crippen LogP contribution in [0.15, 0.2) is 36.9 Å². The van der Waals surface area contributed by atoms with Crippen molar-refractivity contribution in [1.29, 1.82) is 0 Å². The first-order valence-electron chi connectivity index (χ1n) is 7.84. The Morgan fingerprint density at radius 1 is 1.30 bits per heavy atom. The summed E-state index contributed by atoms with van der Waals surface area (Å²) in [6.45, 7) is 6.52. The number of pyridine rings is 1. The Morgan fingerprint density at radius 3 is 2.48 bits per heavy atom. The van der Waals surface area contributed by atoms with Gasteiger partial charge in [0, 0.05) is 5.56 Å². The van der Waals surface area contributed by atoms with Gasteiger partial charge in [0.2, 0.25) is 5.88 Å². The van der Waals surface area contributed by atoms with Gasteiger partial charge in [0.1, 0.15) is 17.5 Å². The van der Waals surface area contributed by atoms with Gasteiger partial charge in [-0.3, -0.25) is 0 Å². The Morgan fingerprint density at radius 2 is 1.96 bits per heavy atom. The molecule has 144 valence electrons. The normalized spacial score (nSPS) is 12.4. The third kappa shape index (κ3) is 4.45. The van der Waals surface area contributed by atoms with Gasteiger partial charge in [-0.25, -0.2) is 14.2 Å². The molecular formula is C19H17F4NO3. The van der Waals surface area contributed by atoms with E-state index in [1.54, 1.807) is 0 Å². The quantitative estimate of drug-likeness (QED) is 0.416. The summed E-state index contributed by atoms with van der Waals surface area (Å²) in [6.07, 6.45) is -4.29. The molecule has 27 heavy (non-hydrogen) atoms. The molecule has 0 spiro atoms. The highest BCUT2D eigenvalue weighted by Crippen LogP contribution is 2.38. The van der Waals surface area contributed by atoms with E-state index < -0.39 is 41.1 Å². The van der Waals surface area contributed by atoms with Crippen LogP contribution in [0.2, 0.25) is 0 Å². The number of aromatic nitrogens is 1. The maximum Gasteiger partial charge on any atom is 0.417 e. The standard InChI is InChI=1S/C19H17F4NO3/c1-5-11(3)27-17-16(18(25)26-4)13(19(21,22)23)9-15(24-17)12-7-6-10(2)14(20)8-12/h5-9,11H,1H2,2-4H3. The van der Waals surface area contributed by atoms with E-state index in [0.717, 1.165) is 13.2 Å². The van der Waals surface area contributed by atoms with E-state index in [1.165, 1.54) is 32.1 Å². The van der Waals surface area contributed by atoms with Crippen LogP contribution >= 0.6 is 0 Å². The average molecular weight is 383 g/mol. The SMILES string of the molecule is C=CC(C)Oc1nc(-c2ccc(C)c(F)c2)cc(C(F)(F)F)c1C(=O)OC. The Balaban J connectivity index is 2.79. The van der Waals surface area contributed by atoms with Crippen LogP contribution in [0.4, 0.5) is 17.6 Å². The van der Waals surface area contributed by atoms with Crippen molar-refractivity contribution >= 4 is 5.97 Å². The summed E-state index contributed by atoms with van der Waals surface area (Å²) in [6, 6.07) is 4.58. The largest absolute Gasteiger partial charge is 0.470 e. The molecule has 8 heteroatoms. The molecule has 0 radical (unpaired) electrons. The molecule has 0 aliphatic carbocycles. The molecular weight excluding hydrogens is 366 g/mol. The third-order valence-electron chi connectivity index (χ3n) is 3.78. The highest BCUT2D eigenvalue weighted by Gasteiger charge is 2.39. The lowest BCUT2D eigenvalue weighted by Crippen LogP contribution is -2.20. The number of alkyl halides is 3. The summed E-state index contributed by atoms with van der Waals surface area (Å²) in [5.74, 6) is -2.41. The van der Waals surface area contributed by atoms with Crippen molar-refractivity contribution < 1.29 is 31.8 Å². The lowest BCUT2D eigenvalue weighted by atomic mass is 10.0. The minimum absolute atomic E-state index is 0.108. The second kappa shape index (κ2) is 7.77. The van der Waals surface area contributed by atoms with Crippen molar-refractivity contribution in [2.24, 2.45) is 0 Å². The first-order valence-corrected chi connectivity index (χ1v) is 7.84. The number of hydrogen-bond acceptors (Lipinski definition) is 4. The van der Waals surface area contributed by atoms with Gasteiger partial charge in [0.15, 0.2) is 0 Å². The molecule has 1 aromatic carbocycles. The van der Waals surface area contributed by atoms with Crippen molar-refractivity contribution in [1.82, 2.24) is 4.98 Å². The minimum atomic E-state index is -4.89. The number of ether oxygens (including phenoxy) is 2. The summed E-state index contributed by atoms with van der Waals surface area (Å²) in [5.41, 5.74) is -1.89. The van der Waals surface area contributed by atoms with Crippen LogP contribution in [0.3, 0.4) is 0 Å². The van der Waals surface area contributed by atoms with Crippen LogP contribution in [0.25, 0.3) is 11.3 Å². The first-order chi connectivity index (χ1) is 12.6. The molecule has 0 amide bonds. The predicted molar refractivity (Wildman–Crippen MR) is 91.0 cm³/mol. The number of nitrogens with zero attached hydrogens (tertiary/aromatic N) is 1. The van der Waals surface area contributed by atoms with Crippen molar-refractivity contribution in [3.63, 3.8) is 0 Å². The first kappa shape index (κ1) is 20.4. The van der Waals surface area contributed by atoms with Crippen LogP contribution in [0, 0.1) is 12.7 Å².